The molecule has 0 saturated carbocycles. The van der Waals surface area contributed by atoms with Gasteiger partial charge in [0, 0.05) is 22.3 Å². The molecule has 0 unspecified atom stereocenters. The number of nitrogens with one attached hydrogen (secondary N) is 2. The predicted molar refractivity (Wildman–Crippen MR) is 103 cm³/mol. The summed E-state index contributed by atoms with van der Waals surface area (Å²) >= 11 is 4.68. The average molecular weight is 468 g/mol. The highest BCUT2D eigenvalue weighted by molar-refractivity contribution is 9.10. The maximum absolute atomic E-state index is 13.7. The lowest BCUT2D eigenvalue weighted by Gasteiger charge is -2.29. The first-order valence-electron chi connectivity index (χ1n) is 8.15. The number of fused-ring (bicyclic) bond motifs is 1. The molecule has 1 aliphatic rings. The molecule has 3 aromatic rings. The van der Waals surface area contributed by atoms with Crippen LogP contribution in [0.2, 0.25) is 0 Å². The molecule has 1 aliphatic heterocycles. The maximum atomic E-state index is 13.7. The molecule has 0 radical (unpaired) electrons. The third-order valence-corrected chi connectivity index (χ3v) is 6.10. The first kappa shape index (κ1) is 18.7. The molecule has 7 nitrogen and oxygen atoms in total. The highest BCUT2D eigenvalue weighted by Crippen LogP contribution is 2.39. The van der Waals surface area contributed by atoms with Crippen LogP contribution in [0.4, 0.5) is 19.5 Å². The molecule has 11 heteroatoms. The molecular weight excluding hydrogens is 456 g/mol. The fraction of sp³-hybridized carbons (Fsp3) is 0.176. The van der Waals surface area contributed by atoms with E-state index in [9.17, 15) is 18.4 Å². The number of carbonyl (C=O) groups is 2. The molecule has 0 saturated heterocycles. The standard InChI is InChI=1S/C17H12BrF2N5O2S/c18-9-6-28-17(15(9)16-21-7-22-24-16)23-13(26)5-25-12-4-11(20)10(19)3-8(12)1-2-14(25)27/h3-4,6-7H,1-2,5H2,(H,23,26)(H,21,22,24). The summed E-state index contributed by atoms with van der Waals surface area (Å²) in [5.74, 6) is -2.36. The van der Waals surface area contributed by atoms with Gasteiger partial charge in [0.15, 0.2) is 17.5 Å². The van der Waals surface area contributed by atoms with Gasteiger partial charge in [-0.05, 0) is 34.0 Å². The second-order valence-electron chi connectivity index (χ2n) is 6.04. The van der Waals surface area contributed by atoms with Crippen molar-refractivity contribution in [3.8, 4) is 11.4 Å². The van der Waals surface area contributed by atoms with Gasteiger partial charge in [-0.2, -0.15) is 5.10 Å². The summed E-state index contributed by atoms with van der Waals surface area (Å²) in [5.41, 5.74) is 1.34. The number of anilines is 2. The lowest BCUT2D eigenvalue weighted by atomic mass is 10.0. The topological polar surface area (TPSA) is 91.0 Å². The van der Waals surface area contributed by atoms with Crippen LogP contribution >= 0.6 is 27.3 Å². The summed E-state index contributed by atoms with van der Waals surface area (Å²) < 4.78 is 27.9. The number of hydrogen-bond acceptors (Lipinski definition) is 5. The molecule has 2 aromatic heterocycles. The Morgan fingerprint density at radius 1 is 1.32 bits per heavy atom. The number of aromatic nitrogens is 3. The van der Waals surface area contributed by atoms with Crippen molar-refractivity contribution in [2.45, 2.75) is 12.8 Å². The van der Waals surface area contributed by atoms with E-state index in [2.05, 4.69) is 36.4 Å². The van der Waals surface area contributed by atoms with Gasteiger partial charge < -0.3 is 10.2 Å². The van der Waals surface area contributed by atoms with Crippen LogP contribution in [0.3, 0.4) is 0 Å². The van der Waals surface area contributed by atoms with Gasteiger partial charge in [-0.1, -0.05) is 0 Å². The normalized spacial score (nSPS) is 13.5. The van der Waals surface area contributed by atoms with Crippen LogP contribution in [0.1, 0.15) is 12.0 Å². The molecule has 28 heavy (non-hydrogen) atoms. The van der Waals surface area contributed by atoms with Gasteiger partial charge in [-0.3, -0.25) is 14.7 Å². The van der Waals surface area contributed by atoms with Gasteiger partial charge in [-0.25, -0.2) is 13.8 Å². The van der Waals surface area contributed by atoms with E-state index in [-0.39, 0.29) is 24.6 Å². The Morgan fingerprint density at radius 2 is 2.11 bits per heavy atom. The first-order valence-corrected chi connectivity index (χ1v) is 9.82. The molecule has 3 heterocycles. The van der Waals surface area contributed by atoms with Crippen LogP contribution in [-0.4, -0.2) is 33.5 Å². The summed E-state index contributed by atoms with van der Waals surface area (Å²) in [7, 11) is 0. The number of amides is 2. The quantitative estimate of drug-likeness (QED) is 0.614. The Bertz CT molecular complexity index is 1070. The van der Waals surface area contributed by atoms with Gasteiger partial charge in [0.25, 0.3) is 0 Å². The molecular formula is C17H12BrF2N5O2S. The fourth-order valence-corrected chi connectivity index (χ4v) is 4.63. The summed E-state index contributed by atoms with van der Waals surface area (Å²) in [5, 5.41) is 11.6. The zero-order valence-electron chi connectivity index (χ0n) is 14.1. The Morgan fingerprint density at radius 3 is 2.86 bits per heavy atom. The third kappa shape index (κ3) is 3.42. The molecule has 2 N–H and O–H groups in total. The summed E-state index contributed by atoms with van der Waals surface area (Å²) in [6.07, 6.45) is 1.78. The van der Waals surface area contributed by atoms with E-state index in [4.69, 9.17) is 0 Å². The number of aromatic amines is 1. The van der Waals surface area contributed by atoms with Crippen LogP contribution in [0.15, 0.2) is 28.3 Å². The molecule has 2 amide bonds. The van der Waals surface area contributed by atoms with E-state index < -0.39 is 17.5 Å². The van der Waals surface area contributed by atoms with Crippen molar-refractivity contribution < 1.29 is 18.4 Å². The summed E-state index contributed by atoms with van der Waals surface area (Å²) in [6, 6.07) is 2.02. The number of nitrogens with zero attached hydrogens (tertiary/aromatic N) is 3. The van der Waals surface area contributed by atoms with Crippen molar-refractivity contribution in [2.24, 2.45) is 0 Å². The predicted octanol–water partition coefficient (Wildman–Crippen LogP) is 3.49. The summed E-state index contributed by atoms with van der Waals surface area (Å²) in [6.45, 7) is -0.317. The Hall–Kier alpha value is -2.66. The molecule has 144 valence electrons. The highest BCUT2D eigenvalue weighted by Gasteiger charge is 2.28. The summed E-state index contributed by atoms with van der Waals surface area (Å²) in [4.78, 5) is 30.1. The number of halogens is 3. The van der Waals surface area contributed by atoms with E-state index in [0.717, 1.165) is 16.6 Å². The van der Waals surface area contributed by atoms with Crippen LogP contribution < -0.4 is 10.2 Å². The SMILES string of the molecule is O=C(CN1C(=O)CCc2cc(F)c(F)cc21)Nc1scc(Br)c1-c1ncn[nH]1. The number of rotatable bonds is 4. The van der Waals surface area contributed by atoms with Gasteiger partial charge >= 0.3 is 0 Å². The minimum Gasteiger partial charge on any atom is -0.315 e. The second-order valence-corrected chi connectivity index (χ2v) is 7.78. The van der Waals surface area contributed by atoms with Crippen molar-refractivity contribution in [2.75, 3.05) is 16.8 Å². The van der Waals surface area contributed by atoms with Crippen molar-refractivity contribution >= 4 is 49.8 Å². The van der Waals surface area contributed by atoms with E-state index in [0.29, 0.717) is 28.4 Å². The van der Waals surface area contributed by atoms with E-state index >= 15 is 0 Å². The van der Waals surface area contributed by atoms with Gasteiger partial charge in [0.1, 0.15) is 17.9 Å². The van der Waals surface area contributed by atoms with Crippen LogP contribution in [0.5, 0.6) is 0 Å². The number of H-pyrrole nitrogens is 1. The van der Waals surface area contributed by atoms with E-state index in [1.165, 1.54) is 22.6 Å². The Balaban J connectivity index is 1.57. The maximum Gasteiger partial charge on any atom is 0.245 e. The van der Waals surface area contributed by atoms with Crippen LogP contribution in [-0.2, 0) is 16.0 Å². The molecule has 0 spiro atoms. The van der Waals surface area contributed by atoms with Crippen molar-refractivity contribution in [3.63, 3.8) is 0 Å². The number of aryl methyl sites for hydroxylation is 1. The Labute approximate surface area is 169 Å². The smallest absolute Gasteiger partial charge is 0.245 e. The first-order chi connectivity index (χ1) is 13.4. The number of hydrogen-bond donors (Lipinski definition) is 2. The minimum atomic E-state index is -1.06. The highest BCUT2D eigenvalue weighted by atomic mass is 79.9. The van der Waals surface area contributed by atoms with Gasteiger partial charge in [0.2, 0.25) is 11.8 Å². The van der Waals surface area contributed by atoms with E-state index in [1.807, 2.05) is 0 Å². The van der Waals surface area contributed by atoms with Gasteiger partial charge in [-0.15, -0.1) is 11.3 Å². The molecule has 0 atom stereocenters. The largest absolute Gasteiger partial charge is 0.315 e. The van der Waals surface area contributed by atoms with Crippen molar-refractivity contribution in [1.82, 2.24) is 15.2 Å². The lowest BCUT2D eigenvalue weighted by Crippen LogP contribution is -2.41. The van der Waals surface area contributed by atoms with Gasteiger partial charge in [0.05, 0.1) is 11.3 Å². The number of thiophene rings is 1. The fourth-order valence-electron chi connectivity index (χ4n) is 3.00. The zero-order chi connectivity index (χ0) is 19.8. The molecule has 1 aromatic carbocycles. The van der Waals surface area contributed by atoms with E-state index in [1.54, 1.807) is 5.38 Å². The lowest BCUT2D eigenvalue weighted by molar-refractivity contribution is -0.121. The third-order valence-electron chi connectivity index (χ3n) is 4.27. The van der Waals surface area contributed by atoms with Crippen molar-refractivity contribution in [3.05, 3.63) is 45.5 Å². The molecule has 4 rings (SSSR count). The average Bonchev–Trinajstić information content (AvgIpc) is 3.29. The molecule has 0 fully saturated rings. The van der Waals surface area contributed by atoms with Crippen LogP contribution in [0.25, 0.3) is 11.4 Å². The minimum absolute atomic E-state index is 0.124. The van der Waals surface area contributed by atoms with Crippen LogP contribution in [0, 0.1) is 11.6 Å². The van der Waals surface area contributed by atoms with Crippen molar-refractivity contribution in [1.29, 1.82) is 0 Å². The second kappa shape index (κ2) is 7.40. The molecule has 0 bridgehead atoms. The monoisotopic (exact) mass is 467 g/mol. The number of benzene rings is 1. The zero-order valence-corrected chi connectivity index (χ0v) is 16.5. The number of carbonyl (C=O) groups excluding carboxylic acids is 2. The Kier molecular flexibility index (Phi) is 4.94. The molecule has 0 aliphatic carbocycles.